The van der Waals surface area contributed by atoms with Crippen LogP contribution in [0.5, 0.6) is 5.75 Å². The average molecular weight is 319 g/mol. The van der Waals surface area contributed by atoms with Crippen molar-refractivity contribution in [3.8, 4) is 18.1 Å². The molecule has 124 valence electrons. The quantitative estimate of drug-likeness (QED) is 0.616. The molecule has 0 aromatic heterocycles. The van der Waals surface area contributed by atoms with Crippen molar-refractivity contribution in [2.24, 2.45) is 0 Å². The van der Waals surface area contributed by atoms with Gasteiger partial charge in [0, 0.05) is 6.42 Å². The number of carbonyl (C=O) groups is 2. The highest BCUT2D eigenvalue weighted by Gasteiger charge is 2.23. The van der Waals surface area contributed by atoms with Crippen LogP contribution in [0.15, 0.2) is 24.3 Å². The zero-order valence-corrected chi connectivity index (χ0v) is 13.5. The Morgan fingerprint density at radius 2 is 1.91 bits per heavy atom. The van der Waals surface area contributed by atoms with E-state index in [1.165, 1.54) is 0 Å². The Labute approximate surface area is 136 Å². The van der Waals surface area contributed by atoms with Crippen LogP contribution in [0, 0.1) is 12.3 Å². The zero-order valence-electron chi connectivity index (χ0n) is 13.5. The standard InChI is InChI=1S/C17H21NO5/c1-5-6-15(16(19)23-12(2)3)18-17(20)22-11-13-7-9-14(21-4)10-8-13/h1,7-10,12,15H,6,11H2,2-4H3,(H,18,20). The third-order valence-electron chi connectivity index (χ3n) is 2.78. The highest BCUT2D eigenvalue weighted by atomic mass is 16.6. The number of rotatable bonds is 7. The molecule has 1 aromatic carbocycles. The molecular weight excluding hydrogens is 298 g/mol. The smallest absolute Gasteiger partial charge is 0.408 e. The first-order valence-corrected chi connectivity index (χ1v) is 7.16. The maximum atomic E-state index is 11.8. The molecule has 0 bridgehead atoms. The van der Waals surface area contributed by atoms with Gasteiger partial charge in [-0.25, -0.2) is 9.59 Å². The SMILES string of the molecule is C#CCC(NC(=O)OCc1ccc(OC)cc1)C(=O)OC(C)C. The van der Waals surface area contributed by atoms with Gasteiger partial charge in [0.15, 0.2) is 0 Å². The Kier molecular flexibility index (Phi) is 7.48. The molecule has 1 N–H and O–H groups in total. The van der Waals surface area contributed by atoms with Gasteiger partial charge in [-0.15, -0.1) is 12.3 Å². The van der Waals surface area contributed by atoms with E-state index in [2.05, 4.69) is 11.2 Å². The highest BCUT2D eigenvalue weighted by Crippen LogP contribution is 2.12. The molecule has 1 atom stereocenters. The van der Waals surface area contributed by atoms with Crippen LogP contribution in [-0.2, 0) is 20.9 Å². The van der Waals surface area contributed by atoms with Gasteiger partial charge in [-0.3, -0.25) is 0 Å². The highest BCUT2D eigenvalue weighted by molar-refractivity contribution is 5.81. The zero-order chi connectivity index (χ0) is 17.2. The van der Waals surface area contributed by atoms with Gasteiger partial charge in [-0.1, -0.05) is 12.1 Å². The lowest BCUT2D eigenvalue weighted by Crippen LogP contribution is -2.42. The largest absolute Gasteiger partial charge is 0.497 e. The van der Waals surface area contributed by atoms with Crippen LogP contribution < -0.4 is 10.1 Å². The number of ether oxygens (including phenoxy) is 3. The van der Waals surface area contributed by atoms with Crippen LogP contribution in [0.1, 0.15) is 25.8 Å². The molecule has 6 nitrogen and oxygen atoms in total. The van der Waals surface area contributed by atoms with E-state index in [-0.39, 0.29) is 19.1 Å². The van der Waals surface area contributed by atoms with Gasteiger partial charge < -0.3 is 19.5 Å². The van der Waals surface area contributed by atoms with E-state index >= 15 is 0 Å². The molecule has 0 radical (unpaired) electrons. The second kappa shape index (κ2) is 9.36. The molecule has 1 rings (SSSR count). The number of nitrogens with one attached hydrogen (secondary N) is 1. The average Bonchev–Trinajstić information content (AvgIpc) is 2.52. The maximum Gasteiger partial charge on any atom is 0.408 e. The van der Waals surface area contributed by atoms with Gasteiger partial charge in [-0.05, 0) is 31.5 Å². The lowest BCUT2D eigenvalue weighted by Gasteiger charge is -2.17. The maximum absolute atomic E-state index is 11.8. The molecule has 0 heterocycles. The lowest BCUT2D eigenvalue weighted by molar-refractivity contribution is -0.149. The minimum atomic E-state index is -0.925. The second-order valence-corrected chi connectivity index (χ2v) is 5.02. The van der Waals surface area contributed by atoms with E-state index in [0.717, 1.165) is 5.56 Å². The van der Waals surface area contributed by atoms with Gasteiger partial charge >= 0.3 is 12.1 Å². The lowest BCUT2D eigenvalue weighted by atomic mass is 10.2. The minimum absolute atomic E-state index is 0.0309. The van der Waals surface area contributed by atoms with Gasteiger partial charge in [0.05, 0.1) is 13.2 Å². The van der Waals surface area contributed by atoms with Crippen molar-refractivity contribution < 1.29 is 23.8 Å². The van der Waals surface area contributed by atoms with Gasteiger partial charge in [-0.2, -0.15) is 0 Å². The van der Waals surface area contributed by atoms with E-state index in [1.54, 1.807) is 45.2 Å². The number of alkyl carbamates (subject to hydrolysis) is 1. The number of hydrogen-bond acceptors (Lipinski definition) is 5. The van der Waals surface area contributed by atoms with Crippen LogP contribution in [0.4, 0.5) is 4.79 Å². The molecule has 0 aliphatic carbocycles. The van der Waals surface area contributed by atoms with Crippen molar-refractivity contribution in [1.82, 2.24) is 5.32 Å². The van der Waals surface area contributed by atoms with E-state index in [0.29, 0.717) is 5.75 Å². The summed E-state index contributed by atoms with van der Waals surface area (Å²) in [5.41, 5.74) is 0.791. The van der Waals surface area contributed by atoms with Gasteiger partial charge in [0.2, 0.25) is 0 Å². The van der Waals surface area contributed by atoms with Crippen molar-refractivity contribution >= 4 is 12.1 Å². The third-order valence-corrected chi connectivity index (χ3v) is 2.78. The Bertz CT molecular complexity index is 559. The number of hydrogen-bond donors (Lipinski definition) is 1. The van der Waals surface area contributed by atoms with Crippen LogP contribution in [-0.4, -0.2) is 31.3 Å². The summed E-state index contributed by atoms with van der Waals surface area (Å²) in [6.45, 7) is 3.50. The number of esters is 1. The Morgan fingerprint density at radius 3 is 2.43 bits per heavy atom. The van der Waals surface area contributed by atoms with Crippen LogP contribution >= 0.6 is 0 Å². The Hall–Kier alpha value is -2.68. The van der Waals surface area contributed by atoms with Crippen molar-refractivity contribution in [2.45, 2.75) is 39.0 Å². The fourth-order valence-electron chi connectivity index (χ4n) is 1.68. The van der Waals surface area contributed by atoms with Crippen molar-refractivity contribution in [3.63, 3.8) is 0 Å². The molecule has 0 fully saturated rings. The molecule has 0 saturated heterocycles. The van der Waals surface area contributed by atoms with E-state index in [9.17, 15) is 9.59 Å². The summed E-state index contributed by atoms with van der Waals surface area (Å²) < 4.78 is 15.1. The number of carbonyl (C=O) groups excluding carboxylic acids is 2. The molecule has 0 spiro atoms. The Morgan fingerprint density at radius 1 is 1.26 bits per heavy atom. The summed E-state index contributed by atoms with van der Waals surface area (Å²) in [5, 5.41) is 2.41. The normalized spacial score (nSPS) is 11.3. The Balaban J connectivity index is 2.51. The number of benzene rings is 1. The van der Waals surface area contributed by atoms with Crippen LogP contribution in [0.3, 0.4) is 0 Å². The van der Waals surface area contributed by atoms with Crippen molar-refractivity contribution in [1.29, 1.82) is 0 Å². The topological polar surface area (TPSA) is 73.9 Å². The monoisotopic (exact) mass is 319 g/mol. The molecular formula is C17H21NO5. The molecule has 1 unspecified atom stereocenters. The van der Waals surface area contributed by atoms with Crippen molar-refractivity contribution in [3.05, 3.63) is 29.8 Å². The summed E-state index contributed by atoms with van der Waals surface area (Å²) in [5.74, 6) is 2.46. The summed E-state index contributed by atoms with van der Waals surface area (Å²) in [7, 11) is 1.57. The van der Waals surface area contributed by atoms with Crippen LogP contribution in [0.25, 0.3) is 0 Å². The van der Waals surface area contributed by atoms with E-state index in [1.807, 2.05) is 0 Å². The molecule has 1 aromatic rings. The van der Waals surface area contributed by atoms with Crippen molar-refractivity contribution in [2.75, 3.05) is 7.11 Å². The first kappa shape index (κ1) is 18.4. The molecule has 0 saturated carbocycles. The van der Waals surface area contributed by atoms with Gasteiger partial charge in [0.1, 0.15) is 18.4 Å². The first-order chi connectivity index (χ1) is 11.0. The summed E-state index contributed by atoms with van der Waals surface area (Å²) in [6.07, 6.45) is 4.21. The second-order valence-electron chi connectivity index (χ2n) is 5.02. The number of amides is 1. The number of methoxy groups -OCH3 is 1. The van der Waals surface area contributed by atoms with Gasteiger partial charge in [0.25, 0.3) is 0 Å². The van der Waals surface area contributed by atoms with E-state index in [4.69, 9.17) is 20.6 Å². The minimum Gasteiger partial charge on any atom is -0.497 e. The van der Waals surface area contributed by atoms with Crippen LogP contribution in [0.2, 0.25) is 0 Å². The fourth-order valence-corrected chi connectivity index (χ4v) is 1.68. The molecule has 6 heteroatoms. The summed E-state index contributed by atoms with van der Waals surface area (Å²) in [4.78, 5) is 23.6. The number of terminal acetylenes is 1. The third kappa shape index (κ3) is 6.74. The predicted octanol–water partition coefficient (Wildman–Crippen LogP) is 2.26. The molecule has 1 amide bonds. The summed E-state index contributed by atoms with van der Waals surface area (Å²) in [6, 6.07) is 6.15. The molecule has 23 heavy (non-hydrogen) atoms. The van der Waals surface area contributed by atoms with E-state index < -0.39 is 18.1 Å². The summed E-state index contributed by atoms with van der Waals surface area (Å²) >= 11 is 0. The molecule has 0 aliphatic heterocycles. The molecule has 0 aliphatic rings. The predicted molar refractivity (Wildman–Crippen MR) is 84.8 cm³/mol. The first-order valence-electron chi connectivity index (χ1n) is 7.16. The fraction of sp³-hybridized carbons (Fsp3) is 0.412.